The van der Waals surface area contributed by atoms with Gasteiger partial charge in [0, 0.05) is 16.6 Å². The highest BCUT2D eigenvalue weighted by atomic mass is 32.1. The molecule has 0 spiro atoms. The highest BCUT2D eigenvalue weighted by Crippen LogP contribution is 2.33. The van der Waals surface area contributed by atoms with Crippen LogP contribution >= 0.6 is 11.3 Å². The first-order chi connectivity index (χ1) is 17.4. The van der Waals surface area contributed by atoms with Gasteiger partial charge < -0.3 is 10.1 Å². The van der Waals surface area contributed by atoms with Crippen LogP contribution in [0, 0.1) is 0 Å². The molecule has 1 amide bonds. The Hall–Kier alpha value is -3.78. The number of nitrogens with one attached hydrogen (secondary N) is 1. The van der Waals surface area contributed by atoms with E-state index in [4.69, 9.17) is 4.74 Å². The number of rotatable bonds is 6. The molecular weight excluding hydrogens is 474 g/mol. The fourth-order valence-electron chi connectivity index (χ4n) is 4.55. The van der Waals surface area contributed by atoms with Crippen molar-refractivity contribution in [1.29, 1.82) is 0 Å². The Bertz CT molecular complexity index is 1520. The summed E-state index contributed by atoms with van der Waals surface area (Å²) in [6.45, 7) is 3.36. The van der Waals surface area contributed by atoms with Crippen molar-refractivity contribution in [2.45, 2.75) is 52.2 Å². The van der Waals surface area contributed by atoms with Crippen molar-refractivity contribution in [3.63, 3.8) is 0 Å². The number of amides is 1. The molecule has 1 aliphatic rings. The maximum Gasteiger partial charge on any atom is 0.338 e. The van der Waals surface area contributed by atoms with Crippen molar-refractivity contribution in [3.8, 4) is 11.1 Å². The van der Waals surface area contributed by atoms with Gasteiger partial charge in [-0.1, -0.05) is 24.3 Å². The number of carbonyl (C=O) groups is 2. The van der Waals surface area contributed by atoms with Crippen LogP contribution in [0.5, 0.6) is 0 Å². The lowest BCUT2D eigenvalue weighted by atomic mass is 9.89. The number of esters is 1. The zero-order valence-electron chi connectivity index (χ0n) is 20.2. The molecule has 0 fully saturated rings. The number of nitrogens with zero attached hydrogens (tertiary/aromatic N) is 2. The molecule has 5 rings (SSSR count). The van der Waals surface area contributed by atoms with Crippen LogP contribution < -0.4 is 10.9 Å². The number of aromatic nitrogens is 2. The number of hydrogen-bond donors (Lipinski definition) is 1. The van der Waals surface area contributed by atoms with Crippen LogP contribution in [0.1, 0.15) is 48.2 Å². The lowest BCUT2D eigenvalue weighted by Gasteiger charge is -2.16. The Morgan fingerprint density at radius 3 is 2.72 bits per heavy atom. The lowest BCUT2D eigenvalue weighted by molar-refractivity contribution is -0.116. The third-order valence-electron chi connectivity index (χ3n) is 6.26. The molecule has 8 heteroatoms. The van der Waals surface area contributed by atoms with Crippen LogP contribution in [-0.4, -0.2) is 27.5 Å². The monoisotopic (exact) mass is 501 g/mol. The zero-order valence-corrected chi connectivity index (χ0v) is 21.1. The van der Waals surface area contributed by atoms with Crippen molar-refractivity contribution in [2.24, 2.45) is 0 Å². The van der Waals surface area contributed by atoms with Gasteiger partial charge in [-0.3, -0.25) is 14.2 Å². The van der Waals surface area contributed by atoms with E-state index in [1.165, 1.54) is 46.2 Å². The van der Waals surface area contributed by atoms with E-state index in [1.807, 2.05) is 5.38 Å². The van der Waals surface area contributed by atoms with Gasteiger partial charge in [-0.05, 0) is 74.4 Å². The van der Waals surface area contributed by atoms with Crippen LogP contribution in [-0.2, 0) is 28.9 Å². The zero-order chi connectivity index (χ0) is 25.2. The number of fused-ring (bicyclic) bond motifs is 2. The van der Waals surface area contributed by atoms with Crippen LogP contribution in [0.2, 0.25) is 0 Å². The summed E-state index contributed by atoms with van der Waals surface area (Å²) >= 11 is 1.43. The first kappa shape index (κ1) is 23.9. The number of carbonyl (C=O) groups excluding carboxylic acids is 2. The fraction of sp³-hybridized carbons (Fsp3) is 0.286. The normalized spacial score (nSPS) is 13.0. The summed E-state index contributed by atoms with van der Waals surface area (Å²) in [5, 5.41) is 5.26. The molecular formula is C28H27N3O4S. The minimum Gasteiger partial charge on any atom is -0.459 e. The number of anilines is 1. The Balaban J connectivity index is 1.38. The highest BCUT2D eigenvalue weighted by Gasteiger charge is 2.17. The van der Waals surface area contributed by atoms with Gasteiger partial charge in [0.2, 0.25) is 5.91 Å². The van der Waals surface area contributed by atoms with Crippen LogP contribution in [0.25, 0.3) is 21.3 Å². The van der Waals surface area contributed by atoms with Gasteiger partial charge in [-0.15, -0.1) is 11.3 Å². The van der Waals surface area contributed by atoms with E-state index in [9.17, 15) is 14.4 Å². The van der Waals surface area contributed by atoms with Crippen molar-refractivity contribution in [1.82, 2.24) is 9.55 Å². The second kappa shape index (κ2) is 10.1. The quantitative estimate of drug-likeness (QED) is 0.367. The van der Waals surface area contributed by atoms with E-state index in [-0.39, 0.29) is 18.2 Å². The topological polar surface area (TPSA) is 90.3 Å². The van der Waals surface area contributed by atoms with Gasteiger partial charge in [0.15, 0.2) is 0 Å². The second-order valence-electron chi connectivity index (χ2n) is 9.28. The number of hydrogen-bond acceptors (Lipinski definition) is 6. The molecule has 1 aliphatic carbocycles. The Morgan fingerprint density at radius 1 is 1.11 bits per heavy atom. The molecule has 2 aromatic carbocycles. The third kappa shape index (κ3) is 4.95. The van der Waals surface area contributed by atoms with Crippen molar-refractivity contribution in [3.05, 3.63) is 81.2 Å². The molecule has 0 unspecified atom stereocenters. The van der Waals surface area contributed by atoms with Gasteiger partial charge in [0.05, 0.1) is 23.4 Å². The van der Waals surface area contributed by atoms with Crippen LogP contribution in [0.4, 0.5) is 5.69 Å². The second-order valence-corrected chi connectivity index (χ2v) is 10.1. The van der Waals surface area contributed by atoms with E-state index in [0.29, 0.717) is 21.5 Å². The fourth-order valence-corrected chi connectivity index (χ4v) is 5.46. The summed E-state index contributed by atoms with van der Waals surface area (Å²) in [6.07, 6.45) is 5.74. The number of aryl methyl sites for hydroxylation is 2. The molecule has 0 bridgehead atoms. The van der Waals surface area contributed by atoms with Crippen LogP contribution in [0.15, 0.2) is 59.0 Å². The summed E-state index contributed by atoms with van der Waals surface area (Å²) in [5.74, 6) is -0.850. The van der Waals surface area contributed by atoms with Gasteiger partial charge in [-0.2, -0.15) is 0 Å². The Kier molecular flexibility index (Phi) is 6.69. The van der Waals surface area contributed by atoms with E-state index < -0.39 is 11.9 Å². The smallest absolute Gasteiger partial charge is 0.338 e. The molecule has 0 atom stereocenters. The van der Waals surface area contributed by atoms with E-state index in [0.717, 1.165) is 24.0 Å². The predicted molar refractivity (Wildman–Crippen MR) is 142 cm³/mol. The summed E-state index contributed by atoms with van der Waals surface area (Å²) in [4.78, 5) is 43.4. The molecule has 7 nitrogen and oxygen atoms in total. The van der Waals surface area contributed by atoms with Gasteiger partial charge in [-0.25, -0.2) is 9.78 Å². The molecule has 2 aromatic heterocycles. The summed E-state index contributed by atoms with van der Waals surface area (Å²) < 4.78 is 6.54. The molecule has 184 valence electrons. The molecule has 1 N–H and O–H groups in total. The van der Waals surface area contributed by atoms with E-state index in [1.54, 1.807) is 38.1 Å². The summed E-state index contributed by atoms with van der Waals surface area (Å²) in [5.41, 5.74) is 5.14. The molecule has 36 heavy (non-hydrogen) atoms. The highest BCUT2D eigenvalue weighted by molar-refractivity contribution is 7.17. The molecule has 0 saturated carbocycles. The SMILES string of the molecule is CC(C)OC(=O)c1cccc(NC(=O)Cn2cnc3scc(-c4ccc5c(c4)CCCC5)c3c2=O)c1. The third-order valence-corrected chi connectivity index (χ3v) is 7.15. The average Bonchev–Trinajstić information content (AvgIpc) is 3.30. The number of thiophene rings is 1. The Morgan fingerprint density at radius 2 is 1.92 bits per heavy atom. The maximum atomic E-state index is 13.4. The van der Waals surface area contributed by atoms with Gasteiger partial charge in [0.25, 0.3) is 5.56 Å². The molecule has 0 saturated heterocycles. The number of ether oxygens (including phenoxy) is 1. The largest absolute Gasteiger partial charge is 0.459 e. The lowest BCUT2D eigenvalue weighted by Crippen LogP contribution is -2.27. The minimum absolute atomic E-state index is 0.193. The standard InChI is InChI=1S/C28H27N3O4S/c1-17(2)35-28(34)21-8-5-9-22(13-21)30-24(32)14-31-16-29-26-25(27(31)33)23(15-36-26)20-11-10-18-6-3-4-7-19(18)12-20/h5,8-13,15-17H,3-4,6-7,14H2,1-2H3,(H,30,32). The number of benzene rings is 2. The minimum atomic E-state index is -0.459. The molecule has 0 aliphatic heterocycles. The van der Waals surface area contributed by atoms with E-state index >= 15 is 0 Å². The van der Waals surface area contributed by atoms with Crippen molar-refractivity contribution in [2.75, 3.05) is 5.32 Å². The summed E-state index contributed by atoms with van der Waals surface area (Å²) in [7, 11) is 0. The molecule has 2 heterocycles. The predicted octanol–water partition coefficient (Wildman–Crippen LogP) is 5.21. The first-order valence-corrected chi connectivity index (χ1v) is 13.0. The van der Waals surface area contributed by atoms with Gasteiger partial charge in [0.1, 0.15) is 11.4 Å². The average molecular weight is 502 g/mol. The maximum absolute atomic E-state index is 13.4. The van der Waals surface area contributed by atoms with Gasteiger partial charge >= 0.3 is 5.97 Å². The summed E-state index contributed by atoms with van der Waals surface area (Å²) in [6, 6.07) is 13.0. The first-order valence-electron chi connectivity index (χ1n) is 12.1. The van der Waals surface area contributed by atoms with Crippen molar-refractivity contribution < 1.29 is 14.3 Å². The molecule has 0 radical (unpaired) electrons. The Labute approximate surface area is 212 Å². The van der Waals surface area contributed by atoms with E-state index in [2.05, 4.69) is 28.5 Å². The van der Waals surface area contributed by atoms with Crippen molar-refractivity contribution >= 4 is 39.1 Å². The molecule has 4 aromatic rings. The van der Waals surface area contributed by atoms with Crippen LogP contribution in [0.3, 0.4) is 0 Å².